The second kappa shape index (κ2) is 7.21. The molecular weight excluding hydrogens is 334 g/mol. The number of fused-ring (bicyclic) bond motifs is 1. The number of rotatable bonds is 3. The molecule has 0 unspecified atom stereocenters. The number of pyridine rings is 1. The van der Waals surface area contributed by atoms with Crippen LogP contribution in [-0.2, 0) is 9.53 Å². The Labute approximate surface area is 151 Å². The van der Waals surface area contributed by atoms with Crippen LogP contribution in [0.15, 0.2) is 42.6 Å². The summed E-state index contributed by atoms with van der Waals surface area (Å²) < 4.78 is 16.9. The van der Waals surface area contributed by atoms with Crippen molar-refractivity contribution in [1.29, 1.82) is 0 Å². The quantitative estimate of drug-likeness (QED) is 0.909. The summed E-state index contributed by atoms with van der Waals surface area (Å²) in [6.07, 6.45) is 0.555. The molecule has 0 saturated carbocycles. The van der Waals surface area contributed by atoms with Gasteiger partial charge in [0.05, 0.1) is 25.1 Å². The SMILES string of the molecule is C[C@H]1Oc2ccccc2O[C@H]1C(=O)Nc1ccc(N2CCOCC2)nc1. The minimum atomic E-state index is -0.719. The molecule has 26 heavy (non-hydrogen) atoms. The molecule has 2 aliphatic rings. The standard InChI is InChI=1S/C19H21N3O4/c1-13-18(26-16-5-3-2-4-15(16)25-13)19(23)21-14-6-7-17(20-12-14)22-8-10-24-11-9-22/h2-7,12-13,18H,8-11H2,1H3,(H,21,23)/t13-,18-/m1/s1. The van der Waals surface area contributed by atoms with Crippen molar-refractivity contribution in [3.63, 3.8) is 0 Å². The van der Waals surface area contributed by atoms with Crippen LogP contribution in [0.4, 0.5) is 11.5 Å². The van der Waals surface area contributed by atoms with Gasteiger partial charge in [0.2, 0.25) is 6.10 Å². The number of benzene rings is 1. The molecule has 3 heterocycles. The van der Waals surface area contributed by atoms with Gasteiger partial charge in [-0.25, -0.2) is 4.98 Å². The Morgan fingerprint density at radius 1 is 1.12 bits per heavy atom. The van der Waals surface area contributed by atoms with Crippen molar-refractivity contribution in [1.82, 2.24) is 4.98 Å². The van der Waals surface area contributed by atoms with E-state index in [4.69, 9.17) is 14.2 Å². The summed E-state index contributed by atoms with van der Waals surface area (Å²) in [6, 6.07) is 11.1. The number of para-hydroxylation sites is 2. The highest BCUT2D eigenvalue weighted by atomic mass is 16.6. The van der Waals surface area contributed by atoms with Gasteiger partial charge in [0, 0.05) is 13.1 Å². The Morgan fingerprint density at radius 2 is 1.85 bits per heavy atom. The second-order valence-corrected chi connectivity index (χ2v) is 6.30. The number of amides is 1. The third-order valence-corrected chi connectivity index (χ3v) is 4.45. The van der Waals surface area contributed by atoms with E-state index in [0.717, 1.165) is 18.9 Å². The fourth-order valence-electron chi connectivity index (χ4n) is 3.06. The Bertz CT molecular complexity index is 775. The summed E-state index contributed by atoms with van der Waals surface area (Å²) in [5, 5.41) is 2.85. The first-order valence-electron chi connectivity index (χ1n) is 8.73. The maximum absolute atomic E-state index is 12.6. The number of hydrogen-bond acceptors (Lipinski definition) is 6. The number of aromatic nitrogens is 1. The third kappa shape index (κ3) is 3.43. The van der Waals surface area contributed by atoms with Crippen LogP contribution in [-0.4, -0.2) is 49.4 Å². The van der Waals surface area contributed by atoms with E-state index in [1.54, 1.807) is 12.3 Å². The number of nitrogens with zero attached hydrogens (tertiary/aromatic N) is 2. The zero-order valence-electron chi connectivity index (χ0n) is 14.6. The fourth-order valence-corrected chi connectivity index (χ4v) is 3.06. The minimum absolute atomic E-state index is 0.257. The van der Waals surface area contributed by atoms with Crippen LogP contribution in [0, 0.1) is 0 Å². The van der Waals surface area contributed by atoms with Crippen LogP contribution in [0.25, 0.3) is 0 Å². The number of nitrogens with one attached hydrogen (secondary N) is 1. The molecule has 2 atom stereocenters. The first kappa shape index (κ1) is 16.7. The minimum Gasteiger partial charge on any atom is -0.482 e. The van der Waals surface area contributed by atoms with E-state index < -0.39 is 6.10 Å². The summed E-state index contributed by atoms with van der Waals surface area (Å²) in [5.41, 5.74) is 0.627. The molecule has 0 spiro atoms. The lowest BCUT2D eigenvalue weighted by Crippen LogP contribution is -2.46. The highest BCUT2D eigenvalue weighted by molar-refractivity contribution is 5.95. The number of carbonyl (C=O) groups is 1. The molecule has 0 bridgehead atoms. The molecule has 2 aliphatic heterocycles. The number of carbonyl (C=O) groups excluding carboxylic acids is 1. The van der Waals surface area contributed by atoms with Gasteiger partial charge in [0.15, 0.2) is 11.5 Å². The predicted octanol–water partition coefficient (Wildman–Crippen LogP) is 2.09. The molecule has 2 aromatic rings. The number of hydrogen-bond donors (Lipinski definition) is 1. The van der Waals surface area contributed by atoms with E-state index in [-0.39, 0.29) is 12.0 Å². The van der Waals surface area contributed by atoms with E-state index in [0.29, 0.717) is 30.4 Å². The maximum Gasteiger partial charge on any atom is 0.269 e. The predicted molar refractivity (Wildman–Crippen MR) is 96.8 cm³/mol. The Morgan fingerprint density at radius 3 is 2.54 bits per heavy atom. The van der Waals surface area contributed by atoms with Gasteiger partial charge in [-0.2, -0.15) is 0 Å². The molecule has 136 valence electrons. The highest BCUT2D eigenvalue weighted by Crippen LogP contribution is 2.33. The first-order valence-corrected chi connectivity index (χ1v) is 8.73. The topological polar surface area (TPSA) is 72.9 Å². The van der Waals surface area contributed by atoms with Gasteiger partial charge in [-0.3, -0.25) is 4.79 Å². The monoisotopic (exact) mass is 355 g/mol. The van der Waals surface area contributed by atoms with E-state index in [1.807, 2.05) is 37.3 Å². The number of anilines is 2. The molecule has 7 nitrogen and oxygen atoms in total. The van der Waals surface area contributed by atoms with Crippen molar-refractivity contribution in [2.24, 2.45) is 0 Å². The smallest absolute Gasteiger partial charge is 0.269 e. The van der Waals surface area contributed by atoms with Gasteiger partial charge >= 0.3 is 0 Å². The van der Waals surface area contributed by atoms with Crippen LogP contribution in [0.1, 0.15) is 6.92 Å². The highest BCUT2D eigenvalue weighted by Gasteiger charge is 2.34. The average Bonchev–Trinajstić information content (AvgIpc) is 2.68. The second-order valence-electron chi connectivity index (χ2n) is 6.30. The molecule has 1 fully saturated rings. The number of ether oxygens (including phenoxy) is 3. The van der Waals surface area contributed by atoms with Crippen molar-refractivity contribution in [2.75, 3.05) is 36.5 Å². The van der Waals surface area contributed by atoms with E-state index in [9.17, 15) is 4.79 Å². The maximum atomic E-state index is 12.6. The molecule has 1 N–H and O–H groups in total. The van der Waals surface area contributed by atoms with Gasteiger partial charge in [-0.15, -0.1) is 0 Å². The lowest BCUT2D eigenvalue weighted by molar-refractivity contribution is -0.128. The summed E-state index contributed by atoms with van der Waals surface area (Å²) >= 11 is 0. The normalized spacial score (nSPS) is 22.0. The zero-order valence-corrected chi connectivity index (χ0v) is 14.6. The molecule has 1 aromatic heterocycles. The Kier molecular flexibility index (Phi) is 4.62. The Balaban J connectivity index is 1.41. The van der Waals surface area contributed by atoms with Crippen LogP contribution in [0.5, 0.6) is 11.5 Å². The number of morpholine rings is 1. The van der Waals surface area contributed by atoms with Gasteiger partial charge in [0.25, 0.3) is 5.91 Å². The van der Waals surface area contributed by atoms with Crippen LogP contribution in [0.2, 0.25) is 0 Å². The summed E-state index contributed by atoms with van der Waals surface area (Å²) in [5.74, 6) is 1.85. The Hall–Kier alpha value is -2.80. The largest absolute Gasteiger partial charge is 0.482 e. The molecule has 7 heteroatoms. The molecule has 1 saturated heterocycles. The molecule has 0 radical (unpaired) electrons. The van der Waals surface area contributed by atoms with Gasteiger partial charge in [-0.1, -0.05) is 12.1 Å². The molecule has 4 rings (SSSR count). The average molecular weight is 355 g/mol. The lowest BCUT2D eigenvalue weighted by atomic mass is 10.1. The molecule has 1 aromatic carbocycles. The fraction of sp³-hybridized carbons (Fsp3) is 0.368. The summed E-state index contributed by atoms with van der Waals surface area (Å²) in [6.45, 7) is 4.88. The molecule has 0 aliphatic carbocycles. The van der Waals surface area contributed by atoms with Gasteiger partial charge in [-0.05, 0) is 31.2 Å². The van der Waals surface area contributed by atoms with Crippen LogP contribution >= 0.6 is 0 Å². The van der Waals surface area contributed by atoms with Crippen molar-refractivity contribution in [3.05, 3.63) is 42.6 Å². The van der Waals surface area contributed by atoms with E-state index in [1.165, 1.54) is 0 Å². The van der Waals surface area contributed by atoms with Crippen molar-refractivity contribution < 1.29 is 19.0 Å². The van der Waals surface area contributed by atoms with Crippen molar-refractivity contribution >= 4 is 17.4 Å². The van der Waals surface area contributed by atoms with Crippen molar-refractivity contribution in [2.45, 2.75) is 19.1 Å². The lowest BCUT2D eigenvalue weighted by Gasteiger charge is -2.31. The summed E-state index contributed by atoms with van der Waals surface area (Å²) in [7, 11) is 0. The third-order valence-electron chi connectivity index (χ3n) is 4.45. The van der Waals surface area contributed by atoms with E-state index >= 15 is 0 Å². The van der Waals surface area contributed by atoms with Gasteiger partial charge < -0.3 is 24.4 Å². The molecular formula is C19H21N3O4. The zero-order chi connectivity index (χ0) is 17.9. The molecule has 1 amide bonds. The van der Waals surface area contributed by atoms with Crippen LogP contribution in [0.3, 0.4) is 0 Å². The first-order chi connectivity index (χ1) is 12.7. The summed E-state index contributed by atoms with van der Waals surface area (Å²) in [4.78, 5) is 19.2. The van der Waals surface area contributed by atoms with Crippen molar-refractivity contribution in [3.8, 4) is 11.5 Å². The van der Waals surface area contributed by atoms with E-state index in [2.05, 4.69) is 15.2 Å². The van der Waals surface area contributed by atoms with Gasteiger partial charge in [0.1, 0.15) is 11.9 Å². The van der Waals surface area contributed by atoms with Crippen LogP contribution < -0.4 is 19.7 Å².